The average molecular weight is 529 g/mol. The topological polar surface area (TPSA) is 127 Å². The van der Waals surface area contributed by atoms with E-state index in [-0.39, 0.29) is 18.2 Å². The maximum atomic E-state index is 11.4. The first-order valence-electron chi connectivity index (χ1n) is 11.3. The third-order valence-electron chi connectivity index (χ3n) is 5.61. The van der Waals surface area contributed by atoms with E-state index in [0.717, 1.165) is 23.8 Å². The van der Waals surface area contributed by atoms with Crippen LogP contribution >= 0.6 is 11.6 Å². The van der Waals surface area contributed by atoms with Gasteiger partial charge in [-0.2, -0.15) is 5.26 Å². The molecule has 0 aliphatic carbocycles. The second-order valence-corrected chi connectivity index (χ2v) is 11.0. The summed E-state index contributed by atoms with van der Waals surface area (Å²) >= 11 is 6.48. The minimum absolute atomic E-state index is 0.148. The number of nitrogens with two attached hydrogens (primary N) is 1. The zero-order chi connectivity index (χ0) is 26.5. The molecule has 0 fully saturated rings. The van der Waals surface area contributed by atoms with Gasteiger partial charge in [0.15, 0.2) is 5.75 Å². The van der Waals surface area contributed by atoms with Crippen molar-refractivity contribution in [1.82, 2.24) is 4.98 Å². The molecule has 2 aromatic carbocycles. The number of ether oxygens (including phenoxy) is 2. The molecule has 0 unspecified atom stereocenters. The number of nitrogens with one attached hydrogen (secondary N) is 1. The van der Waals surface area contributed by atoms with E-state index in [1.54, 1.807) is 6.07 Å². The molecule has 0 saturated heterocycles. The Morgan fingerprint density at radius 2 is 1.81 bits per heavy atom. The number of rotatable bonds is 10. The fraction of sp³-hybridized carbons (Fsp3) is 0.308. The largest absolute Gasteiger partial charge is 0.491 e. The van der Waals surface area contributed by atoms with E-state index in [1.165, 1.54) is 6.07 Å². The van der Waals surface area contributed by atoms with Crippen molar-refractivity contribution in [3.8, 4) is 17.6 Å². The number of nitriles is 1. The molecule has 3 rings (SSSR count). The van der Waals surface area contributed by atoms with E-state index in [1.807, 2.05) is 43.3 Å². The average Bonchev–Trinajstić information content (AvgIpc) is 2.81. The molecule has 36 heavy (non-hydrogen) atoms. The number of hydrogen-bond acceptors (Lipinski definition) is 7. The molecular formula is C26H29ClN4O4S. The van der Waals surface area contributed by atoms with Gasteiger partial charge in [-0.3, -0.25) is 4.72 Å². The summed E-state index contributed by atoms with van der Waals surface area (Å²) in [4.78, 5) is 4.06. The van der Waals surface area contributed by atoms with Gasteiger partial charge >= 0.3 is 0 Å². The van der Waals surface area contributed by atoms with Crippen molar-refractivity contribution in [3.05, 3.63) is 75.8 Å². The molecule has 0 spiro atoms. The van der Waals surface area contributed by atoms with Gasteiger partial charge in [-0.15, -0.1) is 0 Å². The van der Waals surface area contributed by atoms with Crippen molar-refractivity contribution in [2.24, 2.45) is 0 Å². The SMILES string of the molecule is CCCOc1c(Cl)cc(C(C)(C)c2ccc(OCc3ccc(NS(C)(=O)=O)nc3N)cc2)cc1C#N. The molecule has 0 amide bonds. The van der Waals surface area contributed by atoms with Gasteiger partial charge in [-0.25, -0.2) is 13.4 Å². The second-order valence-electron chi connectivity index (χ2n) is 8.85. The number of aromatic nitrogens is 1. The van der Waals surface area contributed by atoms with Gasteiger partial charge in [0, 0.05) is 11.0 Å². The van der Waals surface area contributed by atoms with E-state index < -0.39 is 15.4 Å². The number of nitrogens with zero attached hydrogens (tertiary/aromatic N) is 2. The molecule has 0 radical (unpaired) electrons. The summed E-state index contributed by atoms with van der Waals surface area (Å²) in [5.74, 6) is 1.37. The second kappa shape index (κ2) is 11.1. The van der Waals surface area contributed by atoms with Crippen molar-refractivity contribution in [1.29, 1.82) is 5.26 Å². The van der Waals surface area contributed by atoms with Crippen LogP contribution in [0.4, 0.5) is 11.6 Å². The Labute approximate surface area is 217 Å². The first kappa shape index (κ1) is 27.1. The fourth-order valence-electron chi connectivity index (χ4n) is 3.56. The number of pyridine rings is 1. The first-order valence-corrected chi connectivity index (χ1v) is 13.5. The van der Waals surface area contributed by atoms with Gasteiger partial charge in [-0.05, 0) is 53.9 Å². The van der Waals surface area contributed by atoms with Crippen LogP contribution in [-0.2, 0) is 22.0 Å². The first-order chi connectivity index (χ1) is 16.9. The zero-order valence-electron chi connectivity index (χ0n) is 20.6. The number of benzene rings is 2. The Morgan fingerprint density at radius 1 is 1.11 bits per heavy atom. The third-order valence-corrected chi connectivity index (χ3v) is 6.47. The Bertz CT molecular complexity index is 1380. The molecule has 0 aliphatic heterocycles. The summed E-state index contributed by atoms with van der Waals surface area (Å²) in [5.41, 5.74) is 8.45. The number of anilines is 2. The highest BCUT2D eigenvalue weighted by Gasteiger charge is 2.26. The normalized spacial score (nSPS) is 11.6. The van der Waals surface area contributed by atoms with Gasteiger partial charge in [0.2, 0.25) is 10.0 Å². The lowest BCUT2D eigenvalue weighted by Gasteiger charge is -2.27. The Hall–Kier alpha value is -3.48. The van der Waals surface area contributed by atoms with Gasteiger partial charge in [-0.1, -0.05) is 44.5 Å². The van der Waals surface area contributed by atoms with E-state index >= 15 is 0 Å². The maximum absolute atomic E-state index is 11.4. The molecule has 1 heterocycles. The molecular weight excluding hydrogens is 500 g/mol. The highest BCUT2D eigenvalue weighted by molar-refractivity contribution is 7.92. The van der Waals surface area contributed by atoms with Crippen LogP contribution in [0.2, 0.25) is 5.02 Å². The monoisotopic (exact) mass is 528 g/mol. The summed E-state index contributed by atoms with van der Waals surface area (Å²) in [6.07, 6.45) is 1.86. The molecule has 10 heteroatoms. The van der Waals surface area contributed by atoms with E-state index in [9.17, 15) is 13.7 Å². The molecule has 1 aromatic heterocycles. The summed E-state index contributed by atoms with van der Waals surface area (Å²) in [7, 11) is -3.44. The summed E-state index contributed by atoms with van der Waals surface area (Å²) < 4.78 is 36.5. The Kier molecular flexibility index (Phi) is 8.33. The molecule has 0 atom stereocenters. The third kappa shape index (κ3) is 6.59. The molecule has 3 aromatic rings. The van der Waals surface area contributed by atoms with Crippen LogP contribution in [0.3, 0.4) is 0 Å². The molecule has 8 nitrogen and oxygen atoms in total. The molecule has 190 valence electrons. The van der Waals surface area contributed by atoms with Gasteiger partial charge in [0.1, 0.15) is 30.1 Å². The van der Waals surface area contributed by atoms with Crippen molar-refractivity contribution >= 4 is 33.3 Å². The predicted octanol–water partition coefficient (Wildman–Crippen LogP) is 5.25. The Morgan fingerprint density at radius 3 is 2.39 bits per heavy atom. The van der Waals surface area contributed by atoms with Gasteiger partial charge < -0.3 is 15.2 Å². The lowest BCUT2D eigenvalue weighted by atomic mass is 9.77. The molecule has 0 saturated carbocycles. The van der Waals surface area contributed by atoms with Crippen molar-refractivity contribution in [2.75, 3.05) is 23.3 Å². The van der Waals surface area contributed by atoms with Crippen LogP contribution in [0.25, 0.3) is 0 Å². The van der Waals surface area contributed by atoms with E-state index in [2.05, 4.69) is 29.6 Å². The maximum Gasteiger partial charge on any atom is 0.230 e. The van der Waals surface area contributed by atoms with Crippen molar-refractivity contribution in [2.45, 2.75) is 39.2 Å². The number of sulfonamides is 1. The van der Waals surface area contributed by atoms with Crippen molar-refractivity contribution < 1.29 is 17.9 Å². The van der Waals surface area contributed by atoms with Crippen LogP contribution in [0.5, 0.6) is 11.5 Å². The minimum Gasteiger partial charge on any atom is -0.491 e. The standard InChI is InChI=1S/C26H29ClN4O4S/c1-5-12-34-24-18(15-28)13-20(14-22(24)27)26(2,3)19-7-9-21(10-8-19)35-16-17-6-11-23(30-25(17)29)31-36(4,32)33/h6-11,13-14H,5,12,16H2,1-4H3,(H3,29,30,31). The Balaban J connectivity index is 1.75. The quantitative estimate of drug-likeness (QED) is 0.367. The van der Waals surface area contributed by atoms with Gasteiger partial charge in [0.05, 0.1) is 23.4 Å². The van der Waals surface area contributed by atoms with Crippen LogP contribution in [0.1, 0.15) is 49.4 Å². The lowest BCUT2D eigenvalue weighted by Crippen LogP contribution is -2.19. The molecule has 0 bridgehead atoms. The summed E-state index contributed by atoms with van der Waals surface area (Å²) in [6, 6.07) is 16.7. The highest BCUT2D eigenvalue weighted by Crippen LogP contribution is 2.38. The zero-order valence-corrected chi connectivity index (χ0v) is 22.2. The predicted molar refractivity (Wildman–Crippen MR) is 142 cm³/mol. The molecule has 3 N–H and O–H groups in total. The fourth-order valence-corrected chi connectivity index (χ4v) is 4.32. The van der Waals surface area contributed by atoms with Gasteiger partial charge in [0.25, 0.3) is 0 Å². The van der Waals surface area contributed by atoms with E-state index in [0.29, 0.717) is 34.3 Å². The summed E-state index contributed by atoms with van der Waals surface area (Å²) in [6.45, 7) is 6.76. The minimum atomic E-state index is -3.44. The van der Waals surface area contributed by atoms with Crippen molar-refractivity contribution in [3.63, 3.8) is 0 Å². The number of hydrogen-bond donors (Lipinski definition) is 2. The number of nitrogen functional groups attached to an aromatic ring is 1. The van der Waals surface area contributed by atoms with Crippen LogP contribution in [0.15, 0.2) is 48.5 Å². The van der Waals surface area contributed by atoms with E-state index in [4.69, 9.17) is 26.8 Å². The van der Waals surface area contributed by atoms with Crippen LogP contribution in [-0.4, -0.2) is 26.3 Å². The van der Waals surface area contributed by atoms with Crippen LogP contribution < -0.4 is 19.9 Å². The van der Waals surface area contributed by atoms with Crippen LogP contribution in [0, 0.1) is 11.3 Å². The lowest BCUT2D eigenvalue weighted by molar-refractivity contribution is 0.306. The highest BCUT2D eigenvalue weighted by atomic mass is 35.5. The number of halogens is 1. The molecule has 0 aliphatic rings. The summed E-state index contributed by atoms with van der Waals surface area (Å²) in [5, 5.41) is 10.0. The smallest absolute Gasteiger partial charge is 0.230 e.